The van der Waals surface area contributed by atoms with Crippen LogP contribution in [0.25, 0.3) is 0 Å². The van der Waals surface area contributed by atoms with Gasteiger partial charge in [0.1, 0.15) is 0 Å². The Hall–Kier alpha value is -0.570. The fourth-order valence-corrected chi connectivity index (χ4v) is 2.02. The number of rotatable bonds is 7. The summed E-state index contributed by atoms with van der Waals surface area (Å²) >= 11 is 5.92. The predicted molar refractivity (Wildman–Crippen MR) is 84.8 cm³/mol. The Labute approximate surface area is 123 Å². The predicted octanol–water partition coefficient (Wildman–Crippen LogP) is 3.97. The average molecular weight is 283 g/mol. The summed E-state index contributed by atoms with van der Waals surface area (Å²) in [4.78, 5) is 2.36. The first-order valence-corrected chi connectivity index (χ1v) is 7.48. The van der Waals surface area contributed by atoms with Crippen LogP contribution in [0.2, 0.25) is 5.02 Å². The number of nitrogens with zero attached hydrogens (tertiary/aromatic N) is 1. The van der Waals surface area contributed by atoms with Crippen molar-refractivity contribution in [3.63, 3.8) is 0 Å². The molecule has 0 saturated heterocycles. The lowest BCUT2D eigenvalue weighted by atomic mass is 10.1. The van der Waals surface area contributed by atoms with Crippen molar-refractivity contribution in [1.82, 2.24) is 10.2 Å². The minimum atomic E-state index is 0.411. The van der Waals surface area contributed by atoms with Gasteiger partial charge in [0.2, 0.25) is 0 Å². The van der Waals surface area contributed by atoms with Crippen LogP contribution >= 0.6 is 11.6 Å². The molecule has 19 heavy (non-hydrogen) atoms. The Balaban J connectivity index is 2.40. The third kappa shape index (κ3) is 5.52. The molecule has 1 N–H and O–H groups in total. The van der Waals surface area contributed by atoms with E-state index in [1.165, 1.54) is 5.56 Å². The van der Waals surface area contributed by atoms with E-state index in [0.717, 1.165) is 18.1 Å². The van der Waals surface area contributed by atoms with Crippen molar-refractivity contribution in [2.75, 3.05) is 20.1 Å². The minimum absolute atomic E-state index is 0.411. The molecule has 0 spiro atoms. The quantitative estimate of drug-likeness (QED) is 0.814. The zero-order chi connectivity index (χ0) is 14.4. The molecule has 1 aromatic carbocycles. The molecule has 0 bridgehead atoms. The monoisotopic (exact) mass is 282 g/mol. The van der Waals surface area contributed by atoms with Gasteiger partial charge in [-0.05, 0) is 44.5 Å². The number of nitrogens with one attached hydrogen (secondary N) is 1. The van der Waals surface area contributed by atoms with Crippen LogP contribution in [0, 0.1) is 5.92 Å². The van der Waals surface area contributed by atoms with E-state index in [2.05, 4.69) is 57.1 Å². The van der Waals surface area contributed by atoms with Crippen LogP contribution in [0.4, 0.5) is 0 Å². The van der Waals surface area contributed by atoms with Crippen LogP contribution in [0.1, 0.15) is 39.3 Å². The van der Waals surface area contributed by atoms with Gasteiger partial charge in [-0.25, -0.2) is 0 Å². The average Bonchev–Trinajstić information content (AvgIpc) is 2.38. The molecule has 2 nitrogen and oxygen atoms in total. The Kier molecular flexibility index (Phi) is 6.84. The van der Waals surface area contributed by atoms with Crippen molar-refractivity contribution >= 4 is 11.6 Å². The Morgan fingerprint density at radius 3 is 2.21 bits per heavy atom. The zero-order valence-electron chi connectivity index (χ0n) is 12.8. The summed E-state index contributed by atoms with van der Waals surface area (Å²) in [6.07, 6.45) is 0. The minimum Gasteiger partial charge on any atom is -0.313 e. The molecule has 0 radical (unpaired) electrons. The van der Waals surface area contributed by atoms with E-state index in [1.54, 1.807) is 0 Å². The van der Waals surface area contributed by atoms with Crippen molar-refractivity contribution in [1.29, 1.82) is 0 Å². The van der Waals surface area contributed by atoms with Gasteiger partial charge in [0.05, 0.1) is 0 Å². The van der Waals surface area contributed by atoms with E-state index >= 15 is 0 Å². The van der Waals surface area contributed by atoms with E-state index in [1.807, 2.05) is 12.1 Å². The maximum atomic E-state index is 5.92. The Morgan fingerprint density at radius 1 is 1.11 bits per heavy atom. The van der Waals surface area contributed by atoms with Crippen molar-refractivity contribution in [3.05, 3.63) is 34.9 Å². The highest BCUT2D eigenvalue weighted by Crippen LogP contribution is 2.20. The fourth-order valence-electron chi connectivity index (χ4n) is 1.89. The maximum Gasteiger partial charge on any atom is 0.0406 e. The highest BCUT2D eigenvalue weighted by atomic mass is 35.5. The summed E-state index contributed by atoms with van der Waals surface area (Å²) in [5.74, 6) is 0.680. The number of hydrogen-bond donors (Lipinski definition) is 1. The molecule has 0 saturated carbocycles. The van der Waals surface area contributed by atoms with Gasteiger partial charge in [-0.2, -0.15) is 0 Å². The van der Waals surface area contributed by atoms with Gasteiger partial charge in [-0.3, -0.25) is 4.90 Å². The first kappa shape index (κ1) is 16.5. The molecule has 0 fully saturated rings. The van der Waals surface area contributed by atoms with Gasteiger partial charge < -0.3 is 5.32 Å². The molecule has 0 aliphatic carbocycles. The van der Waals surface area contributed by atoms with Crippen LogP contribution in [0.3, 0.4) is 0 Å². The third-order valence-electron chi connectivity index (χ3n) is 3.94. The van der Waals surface area contributed by atoms with E-state index in [4.69, 9.17) is 11.6 Å². The van der Waals surface area contributed by atoms with Crippen molar-refractivity contribution in [3.8, 4) is 0 Å². The van der Waals surface area contributed by atoms with Crippen LogP contribution in [-0.4, -0.2) is 31.1 Å². The molecular weight excluding hydrogens is 256 g/mol. The Morgan fingerprint density at radius 2 is 1.68 bits per heavy atom. The summed E-state index contributed by atoms with van der Waals surface area (Å²) in [6.45, 7) is 11.0. The normalized spacial score (nSPS) is 14.9. The second-order valence-electron chi connectivity index (χ2n) is 5.69. The second-order valence-corrected chi connectivity index (χ2v) is 6.13. The number of halogens is 1. The van der Waals surface area contributed by atoms with Crippen molar-refractivity contribution in [2.45, 2.75) is 39.8 Å². The highest BCUT2D eigenvalue weighted by molar-refractivity contribution is 6.30. The summed E-state index contributed by atoms with van der Waals surface area (Å²) in [6, 6.07) is 9.11. The number of likely N-dealkylation sites (N-methyl/N-ethyl adjacent to an activating group) is 1. The standard InChI is InChI=1S/C16H27ClN2/c1-12(2)13(3)18-10-11-19(5)14(4)15-6-8-16(17)9-7-15/h6-9,12-14,18H,10-11H2,1-5H3. The van der Waals surface area contributed by atoms with Crippen molar-refractivity contribution in [2.24, 2.45) is 5.92 Å². The molecule has 0 aromatic heterocycles. The van der Waals surface area contributed by atoms with Crippen LogP contribution < -0.4 is 5.32 Å². The van der Waals surface area contributed by atoms with Gasteiger partial charge in [0, 0.05) is 30.2 Å². The van der Waals surface area contributed by atoms with Crippen LogP contribution in [0.15, 0.2) is 24.3 Å². The fraction of sp³-hybridized carbons (Fsp3) is 0.625. The lowest BCUT2D eigenvalue weighted by Gasteiger charge is -2.26. The molecule has 2 unspecified atom stereocenters. The summed E-state index contributed by atoms with van der Waals surface area (Å²) in [7, 11) is 2.17. The summed E-state index contributed by atoms with van der Waals surface area (Å²) in [5.41, 5.74) is 1.31. The van der Waals surface area contributed by atoms with E-state index in [0.29, 0.717) is 18.0 Å². The molecular formula is C16H27ClN2. The maximum absolute atomic E-state index is 5.92. The molecule has 3 heteroatoms. The topological polar surface area (TPSA) is 15.3 Å². The van der Waals surface area contributed by atoms with Gasteiger partial charge >= 0.3 is 0 Å². The van der Waals surface area contributed by atoms with Crippen LogP contribution in [0.5, 0.6) is 0 Å². The van der Waals surface area contributed by atoms with Crippen LogP contribution in [-0.2, 0) is 0 Å². The van der Waals surface area contributed by atoms with Gasteiger partial charge in [0.15, 0.2) is 0 Å². The molecule has 1 rings (SSSR count). The second kappa shape index (κ2) is 7.88. The lowest BCUT2D eigenvalue weighted by molar-refractivity contribution is 0.253. The molecule has 2 atom stereocenters. The molecule has 0 aliphatic rings. The molecule has 1 aromatic rings. The third-order valence-corrected chi connectivity index (χ3v) is 4.20. The first-order valence-electron chi connectivity index (χ1n) is 7.11. The smallest absolute Gasteiger partial charge is 0.0406 e. The van der Waals surface area contributed by atoms with E-state index in [-0.39, 0.29) is 0 Å². The molecule has 0 amide bonds. The largest absolute Gasteiger partial charge is 0.313 e. The number of benzene rings is 1. The molecule has 0 heterocycles. The first-order chi connectivity index (χ1) is 8.91. The Bertz CT molecular complexity index is 362. The van der Waals surface area contributed by atoms with Gasteiger partial charge in [0.25, 0.3) is 0 Å². The summed E-state index contributed by atoms with van der Waals surface area (Å²) in [5, 5.41) is 4.36. The van der Waals surface area contributed by atoms with E-state index < -0.39 is 0 Å². The van der Waals surface area contributed by atoms with Gasteiger partial charge in [-0.15, -0.1) is 0 Å². The van der Waals surface area contributed by atoms with E-state index in [9.17, 15) is 0 Å². The number of hydrogen-bond acceptors (Lipinski definition) is 2. The zero-order valence-corrected chi connectivity index (χ0v) is 13.5. The highest BCUT2D eigenvalue weighted by Gasteiger charge is 2.12. The van der Waals surface area contributed by atoms with Gasteiger partial charge in [-0.1, -0.05) is 37.6 Å². The van der Waals surface area contributed by atoms with Crippen molar-refractivity contribution < 1.29 is 0 Å². The molecule has 108 valence electrons. The lowest BCUT2D eigenvalue weighted by Crippen LogP contribution is -2.37. The molecule has 0 aliphatic heterocycles. The SMILES string of the molecule is CC(C)C(C)NCCN(C)C(C)c1ccc(Cl)cc1. The summed E-state index contributed by atoms with van der Waals surface area (Å²) < 4.78 is 0.